The number of hydrogen-bond acceptors (Lipinski definition) is 7. The van der Waals surface area contributed by atoms with Crippen molar-refractivity contribution in [1.82, 2.24) is 5.43 Å². The van der Waals surface area contributed by atoms with Crippen LogP contribution >= 0.6 is 31.9 Å². The number of ether oxygens (including phenoxy) is 3. The molecule has 2 aliphatic heterocycles. The smallest absolute Gasteiger partial charge is 0.289 e. The summed E-state index contributed by atoms with van der Waals surface area (Å²) in [5, 5.41) is 7.87. The molecule has 4 rings (SSSR count). The zero-order valence-corrected chi connectivity index (χ0v) is 19.5. The van der Waals surface area contributed by atoms with Crippen molar-refractivity contribution >= 4 is 49.7 Å². The van der Waals surface area contributed by atoms with Crippen LogP contribution in [0, 0.1) is 11.7 Å². The van der Waals surface area contributed by atoms with E-state index in [0.29, 0.717) is 37.3 Å². The van der Waals surface area contributed by atoms with Gasteiger partial charge in [-0.25, -0.2) is 9.82 Å². The minimum atomic E-state index is -0.589. The van der Waals surface area contributed by atoms with Gasteiger partial charge in [0.2, 0.25) is 12.5 Å². The fourth-order valence-corrected chi connectivity index (χ4v) is 4.99. The first kappa shape index (κ1) is 21.6. The van der Waals surface area contributed by atoms with Crippen LogP contribution in [0.1, 0.15) is 24.2 Å². The number of carbonyl (C=O) groups is 1. The maximum atomic E-state index is 13.0. The SMILES string of the molecule is COc1c(Br)c(C2ON=C(C(=O)N/N=C/c3ccc(F)cc3)C2C)c(Br)c2c1OCO2. The summed E-state index contributed by atoms with van der Waals surface area (Å²) >= 11 is 7.08. The fraction of sp³-hybridized carbons (Fsp3) is 0.250. The Hall–Kier alpha value is -2.66. The number of fused-ring (bicyclic) bond motifs is 1. The lowest BCUT2D eigenvalue weighted by Gasteiger charge is -2.20. The molecule has 2 aromatic rings. The second kappa shape index (κ2) is 8.83. The van der Waals surface area contributed by atoms with E-state index in [-0.39, 0.29) is 18.3 Å². The van der Waals surface area contributed by atoms with Crippen molar-refractivity contribution in [2.45, 2.75) is 13.0 Å². The van der Waals surface area contributed by atoms with Gasteiger partial charge in [0.1, 0.15) is 5.82 Å². The summed E-state index contributed by atoms with van der Waals surface area (Å²) in [6, 6.07) is 5.70. The molecule has 0 radical (unpaired) electrons. The molecule has 1 N–H and O–H groups in total. The zero-order chi connectivity index (χ0) is 22.1. The highest BCUT2D eigenvalue weighted by atomic mass is 79.9. The summed E-state index contributed by atoms with van der Waals surface area (Å²) in [6.07, 6.45) is 0.820. The maximum absolute atomic E-state index is 13.0. The highest BCUT2D eigenvalue weighted by Gasteiger charge is 2.41. The lowest BCUT2D eigenvalue weighted by molar-refractivity contribution is -0.115. The molecule has 0 fully saturated rings. The Morgan fingerprint density at radius 1 is 1.26 bits per heavy atom. The summed E-state index contributed by atoms with van der Waals surface area (Å²) < 4.78 is 30.7. The van der Waals surface area contributed by atoms with Crippen LogP contribution < -0.4 is 19.6 Å². The van der Waals surface area contributed by atoms with Crippen molar-refractivity contribution in [2.24, 2.45) is 16.2 Å². The molecule has 11 heteroatoms. The normalized spacial score (nSPS) is 19.3. The van der Waals surface area contributed by atoms with Crippen LogP contribution in [-0.4, -0.2) is 31.7 Å². The van der Waals surface area contributed by atoms with Crippen LogP contribution in [0.4, 0.5) is 4.39 Å². The van der Waals surface area contributed by atoms with Crippen molar-refractivity contribution < 1.29 is 28.2 Å². The third-order valence-corrected chi connectivity index (χ3v) is 6.39. The van der Waals surface area contributed by atoms with Crippen LogP contribution in [0.25, 0.3) is 0 Å². The molecule has 31 heavy (non-hydrogen) atoms. The Morgan fingerprint density at radius 2 is 1.97 bits per heavy atom. The van der Waals surface area contributed by atoms with Gasteiger partial charge < -0.3 is 19.0 Å². The molecule has 0 bridgehead atoms. The molecule has 2 unspecified atom stereocenters. The van der Waals surface area contributed by atoms with E-state index in [0.717, 1.165) is 0 Å². The first-order valence-electron chi connectivity index (χ1n) is 9.09. The summed E-state index contributed by atoms with van der Waals surface area (Å²) in [4.78, 5) is 18.2. The largest absolute Gasteiger partial charge is 0.492 e. The minimum Gasteiger partial charge on any atom is -0.492 e. The standard InChI is InChI=1S/C20H16Br2FN3O5/c1-9-15(20(27)25-24-7-10-3-5-11(23)6-4-10)26-31-16(9)12-13(21)17(28-2)19-18(14(12)22)29-8-30-19/h3-7,9,16H,8H2,1-2H3,(H,25,27)/b24-7+. The number of benzene rings is 2. The van der Waals surface area contributed by atoms with Crippen LogP contribution in [0.15, 0.2) is 43.5 Å². The molecule has 0 saturated heterocycles. The predicted octanol–water partition coefficient (Wildman–Crippen LogP) is 4.30. The topological polar surface area (TPSA) is 90.7 Å². The average Bonchev–Trinajstić information content (AvgIpc) is 3.38. The molecular formula is C20H16Br2FN3O5. The Labute approximate surface area is 193 Å². The lowest BCUT2D eigenvalue weighted by atomic mass is 9.93. The van der Waals surface area contributed by atoms with Gasteiger partial charge in [0.15, 0.2) is 23.3 Å². The third-order valence-electron chi connectivity index (χ3n) is 4.81. The monoisotopic (exact) mass is 555 g/mol. The Balaban J connectivity index is 1.52. The van der Waals surface area contributed by atoms with Gasteiger partial charge in [-0.2, -0.15) is 5.10 Å². The van der Waals surface area contributed by atoms with Crippen LogP contribution in [-0.2, 0) is 9.63 Å². The summed E-state index contributed by atoms with van der Waals surface area (Å²) in [5.74, 6) is 0.170. The number of amides is 1. The third kappa shape index (κ3) is 3.99. The molecule has 0 spiro atoms. The summed E-state index contributed by atoms with van der Waals surface area (Å²) in [6.45, 7) is 1.88. The van der Waals surface area contributed by atoms with Crippen LogP contribution in [0.5, 0.6) is 17.2 Å². The molecule has 0 aromatic heterocycles. The number of oxime groups is 1. The lowest BCUT2D eigenvalue weighted by Crippen LogP contribution is -2.31. The number of rotatable bonds is 5. The van der Waals surface area contributed by atoms with Gasteiger partial charge in [0.05, 0.1) is 28.2 Å². The Morgan fingerprint density at radius 3 is 2.68 bits per heavy atom. The number of nitrogens with one attached hydrogen (secondary N) is 1. The van der Waals surface area contributed by atoms with Gasteiger partial charge in [0.25, 0.3) is 5.91 Å². The Bertz CT molecular complexity index is 1090. The van der Waals surface area contributed by atoms with E-state index in [4.69, 9.17) is 19.0 Å². The number of hydrazone groups is 1. The van der Waals surface area contributed by atoms with Crippen LogP contribution in [0.3, 0.4) is 0 Å². The molecule has 0 aliphatic carbocycles. The number of carbonyl (C=O) groups excluding carboxylic acids is 1. The van der Waals surface area contributed by atoms with Gasteiger partial charge in [-0.05, 0) is 49.6 Å². The zero-order valence-electron chi connectivity index (χ0n) is 16.3. The molecule has 1 amide bonds. The fourth-order valence-electron chi connectivity index (χ4n) is 3.24. The quantitative estimate of drug-likeness (QED) is 0.438. The molecule has 2 heterocycles. The van der Waals surface area contributed by atoms with Gasteiger partial charge in [-0.15, -0.1) is 0 Å². The Kier molecular flexibility index (Phi) is 6.15. The van der Waals surface area contributed by atoms with E-state index >= 15 is 0 Å². The van der Waals surface area contributed by atoms with Crippen molar-refractivity contribution in [3.05, 3.63) is 50.2 Å². The highest BCUT2D eigenvalue weighted by molar-refractivity contribution is 9.11. The van der Waals surface area contributed by atoms with E-state index in [1.165, 1.54) is 25.5 Å². The van der Waals surface area contributed by atoms with Crippen molar-refractivity contribution in [2.75, 3.05) is 13.9 Å². The number of halogens is 3. The van der Waals surface area contributed by atoms with E-state index in [1.54, 1.807) is 12.1 Å². The number of hydrogen-bond donors (Lipinski definition) is 1. The van der Waals surface area contributed by atoms with Crippen molar-refractivity contribution in [1.29, 1.82) is 0 Å². The maximum Gasteiger partial charge on any atom is 0.289 e. The second-order valence-electron chi connectivity index (χ2n) is 6.68. The predicted molar refractivity (Wildman–Crippen MR) is 117 cm³/mol. The summed E-state index contributed by atoms with van der Waals surface area (Å²) in [7, 11) is 1.52. The number of nitrogens with zero attached hydrogens (tertiary/aromatic N) is 2. The molecule has 2 aliphatic rings. The average molecular weight is 557 g/mol. The minimum absolute atomic E-state index is 0.0669. The second-order valence-corrected chi connectivity index (χ2v) is 8.27. The molecule has 2 atom stereocenters. The van der Waals surface area contributed by atoms with Crippen molar-refractivity contribution in [3.8, 4) is 17.2 Å². The van der Waals surface area contributed by atoms with E-state index < -0.39 is 17.9 Å². The van der Waals surface area contributed by atoms with E-state index in [2.05, 4.69) is 47.5 Å². The van der Waals surface area contributed by atoms with E-state index in [1.807, 2.05) is 6.92 Å². The molecule has 2 aromatic carbocycles. The molecule has 8 nitrogen and oxygen atoms in total. The first-order valence-corrected chi connectivity index (χ1v) is 10.7. The molecule has 0 saturated carbocycles. The molecule has 162 valence electrons. The molecular weight excluding hydrogens is 541 g/mol. The van der Waals surface area contributed by atoms with Gasteiger partial charge in [0, 0.05) is 5.56 Å². The van der Waals surface area contributed by atoms with E-state index in [9.17, 15) is 9.18 Å². The van der Waals surface area contributed by atoms with Gasteiger partial charge >= 0.3 is 0 Å². The summed E-state index contributed by atoms with van der Waals surface area (Å²) in [5.41, 5.74) is 3.91. The van der Waals surface area contributed by atoms with Crippen molar-refractivity contribution in [3.63, 3.8) is 0 Å². The van der Waals surface area contributed by atoms with Gasteiger partial charge in [-0.3, -0.25) is 4.79 Å². The highest BCUT2D eigenvalue weighted by Crippen LogP contribution is 2.55. The van der Waals surface area contributed by atoms with Gasteiger partial charge in [-0.1, -0.05) is 24.2 Å². The first-order chi connectivity index (χ1) is 14.9. The van der Waals surface area contributed by atoms with Crippen LogP contribution in [0.2, 0.25) is 0 Å². The number of methoxy groups -OCH3 is 1.